The summed E-state index contributed by atoms with van der Waals surface area (Å²) in [5, 5.41) is 34.2. The molecule has 0 spiro atoms. The normalized spacial score (nSPS) is 10.6. The average molecular weight is 439 g/mol. The molecule has 0 rings (SSSR count). The number of aliphatic hydroxyl groups is 3. The van der Waals surface area contributed by atoms with Crippen molar-refractivity contribution in [1.82, 2.24) is 0 Å². The summed E-state index contributed by atoms with van der Waals surface area (Å²) in [6.45, 7) is 1.53. The van der Waals surface area contributed by atoms with Crippen molar-refractivity contribution >= 4 is 5.97 Å². The van der Waals surface area contributed by atoms with Crippen LogP contribution in [0.25, 0.3) is 0 Å². The second kappa shape index (κ2) is 27.9. The molecule has 0 bridgehead atoms. The molecular weight excluding hydrogens is 398 g/mol. The number of unbranched alkanes of at least 4 members (excludes halogenated alkanes) is 11. The fourth-order valence-electron chi connectivity index (χ4n) is 2.40. The van der Waals surface area contributed by atoms with Gasteiger partial charge in [0.25, 0.3) is 0 Å². The Morgan fingerprint density at radius 1 is 0.815 bits per heavy atom. The first-order chi connectivity index (χ1) is 12.6. The van der Waals surface area contributed by atoms with Crippen LogP contribution in [0.3, 0.4) is 0 Å². The molecule has 0 amide bonds. The molecule has 0 saturated heterocycles. The van der Waals surface area contributed by atoms with E-state index < -0.39 is 12.1 Å². The van der Waals surface area contributed by atoms with E-state index in [0.717, 1.165) is 19.3 Å². The van der Waals surface area contributed by atoms with Gasteiger partial charge in [-0.1, -0.05) is 70.4 Å². The number of carboxylic acids is 1. The Labute approximate surface area is 179 Å². The maximum absolute atomic E-state index is 10.2. The van der Waals surface area contributed by atoms with Crippen molar-refractivity contribution in [3.05, 3.63) is 12.2 Å². The number of hydrogen-bond donors (Lipinski definition) is 3. The van der Waals surface area contributed by atoms with E-state index in [1.165, 1.54) is 64.2 Å². The fraction of sp³-hybridized carbons (Fsp3) is 0.857. The number of carboxylic acid groups (broad SMARTS) is 1. The Morgan fingerprint density at radius 3 is 1.59 bits per heavy atom. The summed E-state index contributed by atoms with van der Waals surface area (Å²) in [4.78, 5) is 10.2. The predicted molar refractivity (Wildman–Crippen MR) is 105 cm³/mol. The number of aliphatic carboxylic acids is 1. The van der Waals surface area contributed by atoms with Gasteiger partial charge in [0.15, 0.2) is 0 Å². The van der Waals surface area contributed by atoms with Crippen LogP contribution in [0.5, 0.6) is 0 Å². The molecule has 0 aliphatic rings. The molecule has 0 unspecified atom stereocenters. The van der Waals surface area contributed by atoms with Gasteiger partial charge in [-0.05, 0) is 38.5 Å². The van der Waals surface area contributed by atoms with E-state index in [1.54, 1.807) is 0 Å². The van der Waals surface area contributed by atoms with Crippen molar-refractivity contribution in [2.75, 3.05) is 13.2 Å². The summed E-state index contributed by atoms with van der Waals surface area (Å²) in [6.07, 6.45) is 19.9. The van der Waals surface area contributed by atoms with Gasteiger partial charge in [-0.15, -0.1) is 0 Å². The van der Waals surface area contributed by atoms with E-state index in [1.807, 2.05) is 0 Å². The summed E-state index contributed by atoms with van der Waals surface area (Å²) in [7, 11) is 0. The Bertz CT molecular complexity index is 307. The topological polar surface area (TPSA) is 101 Å². The van der Waals surface area contributed by atoms with Crippen molar-refractivity contribution in [3.8, 4) is 0 Å². The molecule has 158 valence electrons. The Kier molecular flexibility index (Phi) is 32.5. The van der Waals surface area contributed by atoms with E-state index in [-0.39, 0.29) is 39.1 Å². The quantitative estimate of drug-likeness (QED) is 0.184. The standard InChI is InChI=1S/C18H34O2.C3H8O3.Zn/c1-2-3-4-5-6-7-8-9-10-11-12-13-14-15-16-17-18(19)20;4-1-3(6)2-5;/h9-10H,2-8,11-17H2,1H3,(H,19,20);3-6H,1-2H2;/p-1/b10-9-;;. The van der Waals surface area contributed by atoms with Gasteiger partial charge in [-0.3, -0.25) is 0 Å². The summed E-state index contributed by atoms with van der Waals surface area (Å²) in [6, 6.07) is 0. The first-order valence-corrected chi connectivity index (χ1v) is 10.3. The van der Waals surface area contributed by atoms with Crippen molar-refractivity contribution in [3.63, 3.8) is 0 Å². The Balaban J connectivity index is -0.000000709. The molecule has 0 aromatic rings. The third-order valence-electron chi connectivity index (χ3n) is 4.06. The molecule has 0 atom stereocenters. The Hall–Kier alpha value is -0.287. The minimum atomic E-state index is -0.954. The number of rotatable bonds is 17. The molecule has 0 aromatic carbocycles. The van der Waals surface area contributed by atoms with Gasteiger partial charge in [0.1, 0.15) is 6.10 Å². The van der Waals surface area contributed by atoms with Gasteiger partial charge in [0.05, 0.1) is 13.2 Å². The zero-order chi connectivity index (χ0) is 19.9. The van der Waals surface area contributed by atoms with Crippen LogP contribution in [0, 0.1) is 0 Å². The monoisotopic (exact) mass is 437 g/mol. The number of hydrogen-bond acceptors (Lipinski definition) is 5. The first kappa shape index (κ1) is 31.4. The smallest absolute Gasteiger partial charge is 0.100 e. The van der Waals surface area contributed by atoms with Crippen LogP contribution in [0.2, 0.25) is 0 Å². The molecular formula is C21H41O5Zn-. The van der Waals surface area contributed by atoms with E-state index in [2.05, 4.69) is 19.1 Å². The summed E-state index contributed by atoms with van der Waals surface area (Å²) >= 11 is 0. The molecule has 0 radical (unpaired) electrons. The summed E-state index contributed by atoms with van der Waals surface area (Å²) < 4.78 is 0. The van der Waals surface area contributed by atoms with Crippen LogP contribution in [0.4, 0.5) is 0 Å². The molecule has 6 heteroatoms. The first-order valence-electron chi connectivity index (χ1n) is 10.3. The number of allylic oxidation sites excluding steroid dienone is 2. The number of carbonyl (C=O) groups excluding carboxylic acids is 1. The van der Waals surface area contributed by atoms with Gasteiger partial charge in [-0.2, -0.15) is 0 Å². The van der Waals surface area contributed by atoms with Crippen LogP contribution in [-0.4, -0.2) is 40.6 Å². The van der Waals surface area contributed by atoms with Crippen LogP contribution >= 0.6 is 0 Å². The van der Waals surface area contributed by atoms with Gasteiger partial charge in [0.2, 0.25) is 0 Å². The van der Waals surface area contributed by atoms with Crippen molar-refractivity contribution in [1.29, 1.82) is 0 Å². The molecule has 0 heterocycles. The minimum absolute atomic E-state index is 0. The zero-order valence-electron chi connectivity index (χ0n) is 17.4. The van der Waals surface area contributed by atoms with Crippen LogP contribution in [-0.2, 0) is 24.3 Å². The van der Waals surface area contributed by atoms with Crippen LogP contribution in [0.15, 0.2) is 12.2 Å². The van der Waals surface area contributed by atoms with Gasteiger partial charge in [-0.25, -0.2) is 0 Å². The van der Waals surface area contributed by atoms with Gasteiger partial charge < -0.3 is 25.2 Å². The maximum Gasteiger partial charge on any atom is 0.100 e. The molecule has 0 aromatic heterocycles. The van der Waals surface area contributed by atoms with Gasteiger partial charge in [0, 0.05) is 25.4 Å². The van der Waals surface area contributed by atoms with E-state index in [0.29, 0.717) is 0 Å². The zero-order valence-corrected chi connectivity index (χ0v) is 20.4. The molecule has 5 nitrogen and oxygen atoms in total. The minimum Gasteiger partial charge on any atom is -0.550 e. The summed E-state index contributed by atoms with van der Waals surface area (Å²) in [5.74, 6) is -0.914. The maximum atomic E-state index is 10.2. The molecule has 3 N–H and O–H groups in total. The average Bonchev–Trinajstić information content (AvgIpc) is 2.64. The van der Waals surface area contributed by atoms with Crippen LogP contribution in [0.1, 0.15) is 96.8 Å². The Morgan fingerprint density at radius 2 is 1.22 bits per heavy atom. The van der Waals surface area contributed by atoms with E-state index in [4.69, 9.17) is 15.3 Å². The molecule has 0 saturated carbocycles. The second-order valence-electron chi connectivity index (χ2n) is 6.73. The molecule has 27 heavy (non-hydrogen) atoms. The third-order valence-corrected chi connectivity index (χ3v) is 4.06. The number of aliphatic hydroxyl groups excluding tert-OH is 3. The fourth-order valence-corrected chi connectivity index (χ4v) is 2.40. The van der Waals surface area contributed by atoms with E-state index >= 15 is 0 Å². The van der Waals surface area contributed by atoms with Crippen molar-refractivity contribution in [2.24, 2.45) is 0 Å². The molecule has 0 aliphatic carbocycles. The van der Waals surface area contributed by atoms with Crippen molar-refractivity contribution < 1.29 is 44.7 Å². The largest absolute Gasteiger partial charge is 0.550 e. The summed E-state index contributed by atoms with van der Waals surface area (Å²) in [5.41, 5.74) is 0. The predicted octanol–water partition coefficient (Wildman–Crippen LogP) is 3.10. The second-order valence-corrected chi connectivity index (χ2v) is 6.73. The molecule has 0 aliphatic heterocycles. The van der Waals surface area contributed by atoms with Crippen molar-refractivity contribution in [2.45, 2.75) is 103 Å². The van der Waals surface area contributed by atoms with Gasteiger partial charge >= 0.3 is 0 Å². The van der Waals surface area contributed by atoms with Crippen LogP contribution < -0.4 is 5.11 Å². The number of carbonyl (C=O) groups is 1. The third kappa shape index (κ3) is 33.7. The SMILES string of the molecule is CCCCCCCC/C=C\CCCCCCCC(=O)[O-].OCC(O)CO.[Zn]. The molecule has 0 fully saturated rings. The van der Waals surface area contributed by atoms with E-state index in [9.17, 15) is 9.90 Å².